The van der Waals surface area contributed by atoms with Crippen molar-refractivity contribution in [3.8, 4) is 0 Å². The van der Waals surface area contributed by atoms with Crippen molar-refractivity contribution in [2.45, 2.75) is 13.8 Å². The standard InChI is InChI=1S/C12H17NO/c1-3-13-12-9-10(2)6-7-11(12)5-4-8-14/h4-7,9,13-14H,3,8H2,1-2H3/b5-4+. The number of hydrogen-bond acceptors (Lipinski definition) is 2. The maximum atomic E-state index is 8.70. The van der Waals surface area contributed by atoms with Crippen molar-refractivity contribution < 1.29 is 5.11 Å². The van der Waals surface area contributed by atoms with Gasteiger partial charge >= 0.3 is 0 Å². The Morgan fingerprint density at radius 1 is 1.43 bits per heavy atom. The fourth-order valence-electron chi connectivity index (χ4n) is 1.34. The third kappa shape index (κ3) is 2.89. The number of aryl methyl sites for hydroxylation is 1. The quantitative estimate of drug-likeness (QED) is 0.766. The van der Waals surface area contributed by atoms with Crippen molar-refractivity contribution in [2.24, 2.45) is 0 Å². The summed E-state index contributed by atoms with van der Waals surface area (Å²) in [6, 6.07) is 6.23. The Kier molecular flexibility index (Phi) is 4.20. The van der Waals surface area contributed by atoms with Gasteiger partial charge < -0.3 is 10.4 Å². The van der Waals surface area contributed by atoms with Gasteiger partial charge in [-0.3, -0.25) is 0 Å². The lowest BCUT2D eigenvalue weighted by molar-refractivity contribution is 0.343. The Bertz CT molecular complexity index is 318. The van der Waals surface area contributed by atoms with Crippen LogP contribution in [0.15, 0.2) is 24.3 Å². The first kappa shape index (κ1) is 10.8. The molecule has 0 heterocycles. The first-order valence-electron chi connectivity index (χ1n) is 4.90. The molecule has 0 saturated heterocycles. The third-order valence-electron chi connectivity index (χ3n) is 1.98. The minimum Gasteiger partial charge on any atom is -0.392 e. The number of rotatable bonds is 4. The average molecular weight is 191 g/mol. The van der Waals surface area contributed by atoms with Gasteiger partial charge in [-0.25, -0.2) is 0 Å². The monoisotopic (exact) mass is 191 g/mol. The van der Waals surface area contributed by atoms with Crippen LogP contribution in [-0.4, -0.2) is 18.3 Å². The fraction of sp³-hybridized carbons (Fsp3) is 0.333. The summed E-state index contributed by atoms with van der Waals surface area (Å²) in [6.07, 6.45) is 3.67. The van der Waals surface area contributed by atoms with Crippen LogP contribution in [0.25, 0.3) is 6.08 Å². The maximum Gasteiger partial charge on any atom is 0.0615 e. The van der Waals surface area contributed by atoms with Crippen molar-refractivity contribution in [3.05, 3.63) is 35.4 Å². The Morgan fingerprint density at radius 2 is 2.21 bits per heavy atom. The van der Waals surface area contributed by atoms with E-state index in [4.69, 9.17) is 5.11 Å². The van der Waals surface area contributed by atoms with Crippen LogP contribution in [0, 0.1) is 6.92 Å². The molecule has 0 aromatic heterocycles. The first-order chi connectivity index (χ1) is 6.77. The molecule has 0 aliphatic carbocycles. The highest BCUT2D eigenvalue weighted by molar-refractivity contribution is 5.67. The fourth-order valence-corrected chi connectivity index (χ4v) is 1.34. The summed E-state index contributed by atoms with van der Waals surface area (Å²) < 4.78 is 0. The number of anilines is 1. The van der Waals surface area contributed by atoms with Crippen LogP contribution < -0.4 is 5.32 Å². The number of benzene rings is 1. The molecule has 1 aromatic rings. The van der Waals surface area contributed by atoms with Crippen LogP contribution in [0.1, 0.15) is 18.1 Å². The molecule has 0 unspecified atom stereocenters. The molecule has 76 valence electrons. The molecule has 1 rings (SSSR count). The molecule has 0 amide bonds. The number of nitrogens with one attached hydrogen (secondary N) is 1. The normalized spacial score (nSPS) is 10.8. The topological polar surface area (TPSA) is 32.3 Å². The van der Waals surface area contributed by atoms with Gasteiger partial charge in [0, 0.05) is 12.2 Å². The van der Waals surface area contributed by atoms with E-state index in [0.29, 0.717) is 0 Å². The van der Waals surface area contributed by atoms with Gasteiger partial charge in [-0.15, -0.1) is 0 Å². The summed E-state index contributed by atoms with van der Waals surface area (Å²) in [7, 11) is 0. The molecule has 0 atom stereocenters. The van der Waals surface area contributed by atoms with Gasteiger partial charge in [-0.2, -0.15) is 0 Å². The predicted molar refractivity (Wildman–Crippen MR) is 61.5 cm³/mol. The maximum absolute atomic E-state index is 8.70. The van der Waals surface area contributed by atoms with Crippen LogP contribution in [0.3, 0.4) is 0 Å². The van der Waals surface area contributed by atoms with Crippen molar-refractivity contribution in [2.75, 3.05) is 18.5 Å². The lowest BCUT2D eigenvalue weighted by Crippen LogP contribution is -1.98. The molecular weight excluding hydrogens is 174 g/mol. The number of aliphatic hydroxyl groups is 1. The summed E-state index contributed by atoms with van der Waals surface area (Å²) in [6.45, 7) is 5.13. The molecule has 1 aromatic carbocycles. The van der Waals surface area contributed by atoms with Gasteiger partial charge in [-0.05, 0) is 31.0 Å². The molecule has 0 bridgehead atoms. The van der Waals surface area contributed by atoms with Crippen molar-refractivity contribution >= 4 is 11.8 Å². The van der Waals surface area contributed by atoms with E-state index < -0.39 is 0 Å². The smallest absolute Gasteiger partial charge is 0.0615 e. The molecule has 0 radical (unpaired) electrons. The minimum atomic E-state index is 0.0828. The average Bonchev–Trinajstić information content (AvgIpc) is 2.17. The molecule has 0 fully saturated rings. The lowest BCUT2D eigenvalue weighted by atomic mass is 10.1. The van der Waals surface area contributed by atoms with Crippen LogP contribution in [-0.2, 0) is 0 Å². The Balaban J connectivity index is 2.95. The lowest BCUT2D eigenvalue weighted by Gasteiger charge is -2.08. The van der Waals surface area contributed by atoms with E-state index in [1.165, 1.54) is 5.56 Å². The molecule has 2 nitrogen and oxygen atoms in total. The van der Waals surface area contributed by atoms with Crippen molar-refractivity contribution in [1.29, 1.82) is 0 Å². The van der Waals surface area contributed by atoms with Gasteiger partial charge in [0.1, 0.15) is 0 Å². The van der Waals surface area contributed by atoms with Gasteiger partial charge in [0.25, 0.3) is 0 Å². The molecule has 0 spiro atoms. The zero-order chi connectivity index (χ0) is 10.4. The van der Waals surface area contributed by atoms with Crippen LogP contribution in [0.5, 0.6) is 0 Å². The van der Waals surface area contributed by atoms with E-state index in [1.807, 2.05) is 6.08 Å². The second-order valence-electron chi connectivity index (χ2n) is 3.21. The zero-order valence-electron chi connectivity index (χ0n) is 8.75. The van der Waals surface area contributed by atoms with Crippen molar-refractivity contribution in [1.82, 2.24) is 0 Å². The number of aliphatic hydroxyl groups excluding tert-OH is 1. The van der Waals surface area contributed by atoms with E-state index in [0.717, 1.165) is 17.8 Å². The molecule has 0 saturated carbocycles. The largest absolute Gasteiger partial charge is 0.392 e. The van der Waals surface area contributed by atoms with E-state index in [-0.39, 0.29) is 6.61 Å². The SMILES string of the molecule is CCNc1cc(C)ccc1/C=C/CO. The van der Waals surface area contributed by atoms with Crippen LogP contribution in [0.2, 0.25) is 0 Å². The van der Waals surface area contributed by atoms with E-state index >= 15 is 0 Å². The van der Waals surface area contributed by atoms with Gasteiger partial charge in [0.05, 0.1) is 6.61 Å². The molecule has 0 aliphatic heterocycles. The zero-order valence-corrected chi connectivity index (χ0v) is 8.75. The summed E-state index contributed by atoms with van der Waals surface area (Å²) >= 11 is 0. The highest BCUT2D eigenvalue weighted by Gasteiger charge is 1.97. The van der Waals surface area contributed by atoms with E-state index in [1.54, 1.807) is 6.08 Å². The summed E-state index contributed by atoms with van der Waals surface area (Å²) in [4.78, 5) is 0. The first-order valence-corrected chi connectivity index (χ1v) is 4.90. The highest BCUT2D eigenvalue weighted by atomic mass is 16.2. The van der Waals surface area contributed by atoms with Crippen molar-refractivity contribution in [3.63, 3.8) is 0 Å². The third-order valence-corrected chi connectivity index (χ3v) is 1.98. The molecule has 0 aliphatic rings. The van der Waals surface area contributed by atoms with Crippen LogP contribution in [0.4, 0.5) is 5.69 Å². The highest BCUT2D eigenvalue weighted by Crippen LogP contribution is 2.18. The second kappa shape index (κ2) is 5.45. The summed E-state index contributed by atoms with van der Waals surface area (Å²) in [5.74, 6) is 0. The van der Waals surface area contributed by atoms with Gasteiger partial charge in [0.2, 0.25) is 0 Å². The molecule has 14 heavy (non-hydrogen) atoms. The Hall–Kier alpha value is -1.28. The second-order valence-corrected chi connectivity index (χ2v) is 3.21. The van der Waals surface area contributed by atoms with E-state index in [9.17, 15) is 0 Å². The van der Waals surface area contributed by atoms with Gasteiger partial charge in [-0.1, -0.05) is 24.3 Å². The minimum absolute atomic E-state index is 0.0828. The van der Waals surface area contributed by atoms with E-state index in [2.05, 4.69) is 37.4 Å². The Morgan fingerprint density at radius 3 is 2.86 bits per heavy atom. The van der Waals surface area contributed by atoms with Gasteiger partial charge in [0.15, 0.2) is 0 Å². The predicted octanol–water partition coefficient (Wildman–Crippen LogP) is 2.43. The number of hydrogen-bond donors (Lipinski definition) is 2. The summed E-state index contributed by atoms with van der Waals surface area (Å²) in [5, 5.41) is 12.0. The molecule has 2 heteroatoms. The molecule has 2 N–H and O–H groups in total. The summed E-state index contributed by atoms with van der Waals surface area (Å²) in [5.41, 5.74) is 3.48. The Labute approximate surface area is 85.3 Å². The van der Waals surface area contributed by atoms with Crippen LogP contribution >= 0.6 is 0 Å². The molecular formula is C12H17NO.